The summed E-state index contributed by atoms with van der Waals surface area (Å²) in [5.41, 5.74) is -0.703. The second-order valence-electron chi connectivity index (χ2n) is 3.93. The molecule has 2 aromatic heterocycles. The molecule has 0 aliphatic carbocycles. The third kappa shape index (κ3) is 3.86. The Hall–Kier alpha value is -1.77. The lowest BCUT2D eigenvalue weighted by Crippen LogP contribution is -2.28. The summed E-state index contributed by atoms with van der Waals surface area (Å²) >= 11 is 7.29. The zero-order chi connectivity index (χ0) is 14.5. The molecule has 20 heavy (non-hydrogen) atoms. The lowest BCUT2D eigenvalue weighted by molar-refractivity contribution is -0.385. The Bertz CT molecular complexity index is 670. The van der Waals surface area contributed by atoms with E-state index in [0.29, 0.717) is 19.6 Å². The van der Waals surface area contributed by atoms with Gasteiger partial charge < -0.3 is 5.32 Å². The molecule has 106 valence electrons. The van der Waals surface area contributed by atoms with Gasteiger partial charge in [0.2, 0.25) is 0 Å². The molecule has 0 fully saturated rings. The lowest BCUT2D eigenvalue weighted by Gasteiger charge is -2.05. The number of thiophene rings is 1. The number of rotatable bonds is 6. The second-order valence-corrected chi connectivity index (χ2v) is 5.73. The van der Waals surface area contributed by atoms with Crippen molar-refractivity contribution in [2.45, 2.75) is 13.1 Å². The van der Waals surface area contributed by atoms with Gasteiger partial charge in [-0.15, -0.1) is 11.3 Å². The Morgan fingerprint density at radius 1 is 1.50 bits per heavy atom. The Morgan fingerprint density at radius 2 is 2.30 bits per heavy atom. The monoisotopic (exact) mass is 314 g/mol. The predicted molar refractivity (Wildman–Crippen MR) is 76.2 cm³/mol. The van der Waals surface area contributed by atoms with E-state index in [9.17, 15) is 14.9 Å². The summed E-state index contributed by atoms with van der Waals surface area (Å²) in [7, 11) is 0. The molecule has 0 amide bonds. The van der Waals surface area contributed by atoms with E-state index in [1.54, 1.807) is 0 Å². The van der Waals surface area contributed by atoms with Crippen LogP contribution in [0, 0.1) is 10.1 Å². The molecule has 2 aromatic rings. The van der Waals surface area contributed by atoms with Crippen molar-refractivity contribution in [3.8, 4) is 0 Å². The molecule has 0 atom stereocenters. The Morgan fingerprint density at radius 3 is 2.95 bits per heavy atom. The summed E-state index contributed by atoms with van der Waals surface area (Å²) in [6, 6.07) is 3.74. The molecule has 0 saturated carbocycles. The van der Waals surface area contributed by atoms with Gasteiger partial charge in [-0.1, -0.05) is 11.6 Å². The molecule has 2 rings (SSSR count). The minimum atomic E-state index is -0.579. The van der Waals surface area contributed by atoms with Crippen molar-refractivity contribution < 1.29 is 4.92 Å². The van der Waals surface area contributed by atoms with Gasteiger partial charge in [0.25, 0.3) is 0 Å². The van der Waals surface area contributed by atoms with Gasteiger partial charge in [0, 0.05) is 24.5 Å². The number of hydrogen-bond acceptors (Lipinski definition) is 6. The molecule has 9 heteroatoms. The highest BCUT2D eigenvalue weighted by Gasteiger charge is 2.08. The fourth-order valence-corrected chi connectivity index (χ4v) is 2.61. The Kier molecular flexibility index (Phi) is 4.83. The Labute approximate surface area is 123 Å². The molecule has 0 aromatic carbocycles. The van der Waals surface area contributed by atoms with E-state index in [4.69, 9.17) is 11.6 Å². The Balaban J connectivity index is 1.89. The lowest BCUT2D eigenvalue weighted by atomic mass is 10.4. The van der Waals surface area contributed by atoms with Crippen LogP contribution in [0.25, 0.3) is 0 Å². The first-order valence-corrected chi connectivity index (χ1v) is 6.91. The van der Waals surface area contributed by atoms with Crippen molar-refractivity contribution in [3.63, 3.8) is 0 Å². The van der Waals surface area contributed by atoms with Gasteiger partial charge in [-0.3, -0.25) is 14.7 Å². The van der Waals surface area contributed by atoms with E-state index < -0.39 is 10.6 Å². The van der Waals surface area contributed by atoms with E-state index >= 15 is 0 Å². The first-order chi connectivity index (χ1) is 9.56. The maximum atomic E-state index is 11.4. The topological polar surface area (TPSA) is 90.1 Å². The van der Waals surface area contributed by atoms with Crippen LogP contribution in [-0.2, 0) is 13.1 Å². The highest BCUT2D eigenvalue weighted by atomic mass is 35.5. The number of halogens is 1. The van der Waals surface area contributed by atoms with Crippen molar-refractivity contribution >= 4 is 28.6 Å². The van der Waals surface area contributed by atoms with E-state index in [1.807, 2.05) is 12.1 Å². The average Bonchev–Trinajstić information content (AvgIpc) is 2.82. The smallest absolute Gasteiger partial charge is 0.310 e. The van der Waals surface area contributed by atoms with Gasteiger partial charge in [0.1, 0.15) is 6.20 Å². The molecule has 2 heterocycles. The minimum Gasteiger partial charge on any atom is -0.310 e. The fourth-order valence-electron chi connectivity index (χ4n) is 1.56. The fraction of sp³-hybridized carbons (Fsp3) is 0.273. The van der Waals surface area contributed by atoms with Crippen molar-refractivity contribution in [1.29, 1.82) is 0 Å². The summed E-state index contributed by atoms with van der Waals surface area (Å²) in [5.74, 6) is 0. The average molecular weight is 315 g/mol. The van der Waals surface area contributed by atoms with Crippen molar-refractivity contribution in [2.75, 3.05) is 6.54 Å². The first kappa shape index (κ1) is 14.6. The van der Waals surface area contributed by atoms with E-state index in [0.717, 1.165) is 15.4 Å². The maximum absolute atomic E-state index is 11.4. The normalized spacial score (nSPS) is 10.7. The number of nitrogens with one attached hydrogen (secondary N) is 1. The molecular weight excluding hydrogens is 304 g/mol. The van der Waals surface area contributed by atoms with Gasteiger partial charge in [-0.05, 0) is 12.1 Å². The van der Waals surface area contributed by atoms with Crippen LogP contribution in [0.3, 0.4) is 0 Å². The van der Waals surface area contributed by atoms with Crippen LogP contribution in [0.15, 0.2) is 29.3 Å². The van der Waals surface area contributed by atoms with Crippen LogP contribution in [0.2, 0.25) is 4.34 Å². The first-order valence-electron chi connectivity index (χ1n) is 5.72. The summed E-state index contributed by atoms with van der Waals surface area (Å²) in [5, 5.41) is 13.7. The van der Waals surface area contributed by atoms with Gasteiger partial charge in [0.15, 0.2) is 0 Å². The molecule has 7 nitrogen and oxygen atoms in total. The van der Waals surface area contributed by atoms with Gasteiger partial charge in [0.05, 0.1) is 15.5 Å². The number of aromatic nitrogens is 2. The summed E-state index contributed by atoms with van der Waals surface area (Å²) in [4.78, 5) is 26.0. The van der Waals surface area contributed by atoms with E-state index in [2.05, 4.69) is 10.3 Å². The number of nitro groups is 1. The predicted octanol–water partition coefficient (Wildman–Crippen LogP) is 1.66. The SMILES string of the molecule is O=c1ncc([N+](=O)[O-])cn1CCNCc1ccc(Cl)s1. The van der Waals surface area contributed by atoms with Crippen LogP contribution in [-0.4, -0.2) is 21.0 Å². The van der Waals surface area contributed by atoms with Crippen LogP contribution in [0.4, 0.5) is 5.69 Å². The molecule has 1 N–H and O–H groups in total. The zero-order valence-electron chi connectivity index (χ0n) is 10.3. The molecule has 0 aliphatic heterocycles. The molecule has 0 radical (unpaired) electrons. The van der Waals surface area contributed by atoms with E-state index in [-0.39, 0.29) is 5.69 Å². The van der Waals surface area contributed by atoms with Gasteiger partial charge >= 0.3 is 11.4 Å². The standard InChI is InChI=1S/C11H11ClN4O3S/c12-10-2-1-9(20-10)6-13-3-4-15-7-8(16(18)19)5-14-11(15)17/h1-2,5,7,13H,3-4,6H2. The number of hydrogen-bond donors (Lipinski definition) is 1. The molecular formula is C11H11ClN4O3S. The molecule has 0 unspecified atom stereocenters. The van der Waals surface area contributed by atoms with Crippen LogP contribution >= 0.6 is 22.9 Å². The summed E-state index contributed by atoms with van der Waals surface area (Å²) < 4.78 is 1.94. The van der Waals surface area contributed by atoms with Crippen LogP contribution in [0.1, 0.15) is 4.88 Å². The third-order valence-corrected chi connectivity index (χ3v) is 3.74. The zero-order valence-corrected chi connectivity index (χ0v) is 11.9. The molecule has 0 bridgehead atoms. The highest BCUT2D eigenvalue weighted by molar-refractivity contribution is 7.16. The number of nitrogens with zero attached hydrogens (tertiary/aromatic N) is 3. The molecule has 0 spiro atoms. The second kappa shape index (κ2) is 6.60. The van der Waals surface area contributed by atoms with E-state index in [1.165, 1.54) is 22.1 Å². The largest absolute Gasteiger partial charge is 0.348 e. The van der Waals surface area contributed by atoms with Crippen molar-refractivity contribution in [2.24, 2.45) is 0 Å². The maximum Gasteiger partial charge on any atom is 0.348 e. The quantitative estimate of drug-likeness (QED) is 0.497. The van der Waals surface area contributed by atoms with Crippen molar-refractivity contribution in [1.82, 2.24) is 14.9 Å². The van der Waals surface area contributed by atoms with Crippen LogP contribution < -0.4 is 11.0 Å². The summed E-state index contributed by atoms with van der Waals surface area (Å²) in [6.45, 7) is 1.44. The third-order valence-electron chi connectivity index (χ3n) is 2.51. The summed E-state index contributed by atoms with van der Waals surface area (Å²) in [6.07, 6.45) is 2.15. The molecule has 0 saturated heterocycles. The van der Waals surface area contributed by atoms with Crippen LogP contribution in [0.5, 0.6) is 0 Å². The minimum absolute atomic E-state index is 0.199. The highest BCUT2D eigenvalue weighted by Crippen LogP contribution is 2.20. The van der Waals surface area contributed by atoms with Gasteiger partial charge in [-0.25, -0.2) is 4.79 Å². The molecule has 0 aliphatic rings. The van der Waals surface area contributed by atoms with Gasteiger partial charge in [-0.2, -0.15) is 4.98 Å². The van der Waals surface area contributed by atoms with Crippen molar-refractivity contribution in [3.05, 3.63) is 54.3 Å².